The molecule has 0 amide bonds. The van der Waals surface area contributed by atoms with Gasteiger partial charge in [-0.25, -0.2) is 14.8 Å². The number of H-pyrrole nitrogens is 1. The third-order valence-electron chi connectivity index (χ3n) is 5.94. The number of nitrogens with one attached hydrogen (secondary N) is 1. The van der Waals surface area contributed by atoms with E-state index in [4.69, 9.17) is 4.74 Å². The largest absolute Gasteiger partial charge is 0.438 e. The molecule has 1 unspecified atom stereocenters. The summed E-state index contributed by atoms with van der Waals surface area (Å²) in [7, 11) is 0. The fourth-order valence-electron chi connectivity index (χ4n) is 4.19. The fourth-order valence-corrected chi connectivity index (χ4v) is 4.19. The second-order valence-corrected chi connectivity index (χ2v) is 8.72. The Hall–Kier alpha value is -4.81. The van der Waals surface area contributed by atoms with Crippen molar-refractivity contribution in [3.05, 3.63) is 94.6 Å². The number of hydrogen-bond donors (Lipinski definition) is 1. The Bertz CT molecular complexity index is 1680. The van der Waals surface area contributed by atoms with Crippen LogP contribution in [0, 0.1) is 0 Å². The Kier molecular flexibility index (Phi) is 6.96. The fraction of sp³-hybridized carbons (Fsp3) is 0.231. The molecule has 0 saturated heterocycles. The van der Waals surface area contributed by atoms with Crippen molar-refractivity contribution in [1.82, 2.24) is 34.3 Å². The zero-order valence-corrected chi connectivity index (χ0v) is 20.6. The standard InChI is InChI=1S/C26H22F3N7O3/c1-2-5-20(39-25(38)17-7-4-9-30-11-17)36-21-22(31-15-32-24(21)37)34-23(36)18-12-33-35(14-18)13-16-6-3-8-19(10-16)26(27,28)29/h3-4,6-12,14-15,20H,2,5,13H2,1H3,(H,31,32,37). The summed E-state index contributed by atoms with van der Waals surface area (Å²) in [5, 5.41) is 4.29. The first-order valence-corrected chi connectivity index (χ1v) is 12.0. The summed E-state index contributed by atoms with van der Waals surface area (Å²) in [6.07, 6.45) is 2.79. The number of carbonyl (C=O) groups is 1. The minimum Gasteiger partial charge on any atom is -0.438 e. The number of benzene rings is 1. The topological polar surface area (TPSA) is 121 Å². The first-order chi connectivity index (χ1) is 18.7. The molecule has 10 nitrogen and oxygen atoms in total. The van der Waals surface area contributed by atoms with Gasteiger partial charge in [0.25, 0.3) is 5.56 Å². The lowest BCUT2D eigenvalue weighted by molar-refractivity contribution is -0.137. The lowest BCUT2D eigenvalue weighted by atomic mass is 10.1. The first kappa shape index (κ1) is 25.8. The highest BCUT2D eigenvalue weighted by molar-refractivity contribution is 5.89. The average Bonchev–Trinajstić information content (AvgIpc) is 3.54. The van der Waals surface area contributed by atoms with Gasteiger partial charge in [0.2, 0.25) is 0 Å². The van der Waals surface area contributed by atoms with E-state index in [1.165, 1.54) is 40.2 Å². The molecule has 4 heterocycles. The second-order valence-electron chi connectivity index (χ2n) is 8.72. The number of aromatic nitrogens is 7. The van der Waals surface area contributed by atoms with E-state index in [1.54, 1.807) is 24.4 Å². The van der Waals surface area contributed by atoms with Crippen molar-refractivity contribution >= 4 is 17.1 Å². The number of rotatable bonds is 8. The normalized spacial score (nSPS) is 12.5. The summed E-state index contributed by atoms with van der Waals surface area (Å²) in [6.45, 7) is 1.97. The summed E-state index contributed by atoms with van der Waals surface area (Å²) in [6, 6.07) is 8.16. The molecule has 0 aliphatic rings. The van der Waals surface area contributed by atoms with Gasteiger partial charge in [0, 0.05) is 25.0 Å². The summed E-state index contributed by atoms with van der Waals surface area (Å²) < 4.78 is 48.2. The Morgan fingerprint density at radius 2 is 2.03 bits per heavy atom. The van der Waals surface area contributed by atoms with Crippen molar-refractivity contribution in [2.45, 2.75) is 38.7 Å². The van der Waals surface area contributed by atoms with Crippen LogP contribution in [0.3, 0.4) is 0 Å². The number of esters is 1. The van der Waals surface area contributed by atoms with Crippen LogP contribution in [0.25, 0.3) is 22.6 Å². The van der Waals surface area contributed by atoms with E-state index in [0.29, 0.717) is 24.0 Å². The van der Waals surface area contributed by atoms with Crippen molar-refractivity contribution in [1.29, 1.82) is 0 Å². The molecule has 1 N–H and O–H groups in total. The molecular formula is C26H22F3N7O3. The van der Waals surface area contributed by atoms with Crippen LogP contribution in [-0.2, 0) is 17.5 Å². The van der Waals surface area contributed by atoms with Crippen LogP contribution >= 0.6 is 0 Å². The molecule has 0 fully saturated rings. The highest BCUT2D eigenvalue weighted by Crippen LogP contribution is 2.31. The van der Waals surface area contributed by atoms with Crippen molar-refractivity contribution in [2.24, 2.45) is 0 Å². The molecule has 13 heteroatoms. The molecule has 5 rings (SSSR count). The van der Waals surface area contributed by atoms with Crippen LogP contribution in [0.2, 0.25) is 0 Å². The van der Waals surface area contributed by atoms with Crippen LogP contribution < -0.4 is 5.56 Å². The third kappa shape index (κ3) is 5.42. The van der Waals surface area contributed by atoms with Crippen molar-refractivity contribution in [3.63, 3.8) is 0 Å². The van der Waals surface area contributed by atoms with Crippen LogP contribution in [0.4, 0.5) is 13.2 Å². The number of hydrogen-bond acceptors (Lipinski definition) is 7. The number of imidazole rings is 1. The van der Waals surface area contributed by atoms with Gasteiger partial charge < -0.3 is 9.72 Å². The van der Waals surface area contributed by atoms with E-state index in [-0.39, 0.29) is 29.1 Å². The molecule has 0 spiro atoms. The summed E-state index contributed by atoms with van der Waals surface area (Å²) in [4.78, 5) is 40.9. The highest BCUT2D eigenvalue weighted by atomic mass is 19.4. The molecule has 0 radical (unpaired) electrons. The number of fused-ring (bicyclic) bond motifs is 1. The maximum Gasteiger partial charge on any atom is 0.416 e. The van der Waals surface area contributed by atoms with Crippen LogP contribution in [0.1, 0.15) is 47.5 Å². The third-order valence-corrected chi connectivity index (χ3v) is 5.94. The maximum absolute atomic E-state index is 13.1. The van der Waals surface area contributed by atoms with Crippen LogP contribution in [0.5, 0.6) is 0 Å². The first-order valence-electron chi connectivity index (χ1n) is 12.0. The molecular weight excluding hydrogens is 515 g/mol. The number of pyridine rings is 1. The zero-order chi connectivity index (χ0) is 27.6. The van der Waals surface area contributed by atoms with Gasteiger partial charge >= 0.3 is 12.1 Å². The predicted octanol–water partition coefficient (Wildman–Crippen LogP) is 4.60. The molecule has 0 aliphatic heterocycles. The minimum atomic E-state index is -4.46. The van der Waals surface area contributed by atoms with Crippen molar-refractivity contribution in [3.8, 4) is 11.4 Å². The molecule has 4 aromatic heterocycles. The van der Waals surface area contributed by atoms with E-state index in [0.717, 1.165) is 12.1 Å². The van der Waals surface area contributed by atoms with Crippen molar-refractivity contribution < 1.29 is 22.7 Å². The van der Waals surface area contributed by atoms with Gasteiger partial charge in [-0.05, 0) is 29.8 Å². The SMILES string of the molecule is CCCC(OC(=O)c1cccnc1)n1c(-c2cnn(Cc3cccc(C(F)(F)F)c3)c2)nc2nc[nH]c(=O)c21. The summed E-state index contributed by atoms with van der Waals surface area (Å²) in [5.74, 6) is -0.364. The molecule has 0 aliphatic carbocycles. The summed E-state index contributed by atoms with van der Waals surface area (Å²) >= 11 is 0. The number of aromatic amines is 1. The molecule has 5 aromatic rings. The Labute approximate surface area is 219 Å². The lowest BCUT2D eigenvalue weighted by Crippen LogP contribution is -2.21. The van der Waals surface area contributed by atoms with Gasteiger partial charge in [0.05, 0.1) is 35.8 Å². The molecule has 0 bridgehead atoms. The number of halogens is 3. The van der Waals surface area contributed by atoms with Gasteiger partial charge in [0.1, 0.15) is 5.82 Å². The Morgan fingerprint density at radius 1 is 1.18 bits per heavy atom. The lowest BCUT2D eigenvalue weighted by Gasteiger charge is -2.21. The highest BCUT2D eigenvalue weighted by Gasteiger charge is 2.30. The quantitative estimate of drug-likeness (QED) is 0.287. The average molecular weight is 538 g/mol. The molecule has 200 valence electrons. The number of ether oxygens (including phenoxy) is 1. The monoisotopic (exact) mass is 537 g/mol. The molecule has 1 atom stereocenters. The minimum absolute atomic E-state index is 0.0668. The van der Waals surface area contributed by atoms with Crippen LogP contribution in [0.15, 0.2) is 72.3 Å². The maximum atomic E-state index is 13.1. The number of carbonyl (C=O) groups excluding carboxylic acids is 1. The molecule has 39 heavy (non-hydrogen) atoms. The second kappa shape index (κ2) is 10.5. The van der Waals surface area contributed by atoms with Gasteiger partial charge in [-0.15, -0.1) is 0 Å². The number of nitrogens with zero attached hydrogens (tertiary/aromatic N) is 6. The number of alkyl halides is 3. The van der Waals surface area contributed by atoms with Gasteiger partial charge in [0.15, 0.2) is 17.4 Å². The van der Waals surface area contributed by atoms with E-state index in [2.05, 4.69) is 25.0 Å². The van der Waals surface area contributed by atoms with E-state index < -0.39 is 29.5 Å². The Balaban J connectivity index is 1.54. The molecule has 0 saturated carbocycles. The van der Waals surface area contributed by atoms with E-state index >= 15 is 0 Å². The predicted molar refractivity (Wildman–Crippen MR) is 134 cm³/mol. The zero-order valence-electron chi connectivity index (χ0n) is 20.6. The Morgan fingerprint density at radius 3 is 2.77 bits per heavy atom. The van der Waals surface area contributed by atoms with E-state index in [9.17, 15) is 22.8 Å². The van der Waals surface area contributed by atoms with Crippen LogP contribution in [-0.4, -0.2) is 40.3 Å². The van der Waals surface area contributed by atoms with Gasteiger partial charge in [-0.1, -0.05) is 25.5 Å². The molecule has 1 aromatic carbocycles. The van der Waals surface area contributed by atoms with Gasteiger partial charge in [-0.3, -0.25) is 19.0 Å². The smallest absolute Gasteiger partial charge is 0.416 e. The van der Waals surface area contributed by atoms with Gasteiger partial charge in [-0.2, -0.15) is 18.3 Å². The summed E-state index contributed by atoms with van der Waals surface area (Å²) in [5.41, 5.74) is 0.114. The van der Waals surface area contributed by atoms with E-state index in [1.807, 2.05) is 6.92 Å². The van der Waals surface area contributed by atoms with Crippen molar-refractivity contribution in [2.75, 3.05) is 0 Å².